The molecule has 18 heavy (non-hydrogen) atoms. The third-order valence-corrected chi connectivity index (χ3v) is 3.01. The van der Waals surface area contributed by atoms with E-state index in [2.05, 4.69) is 5.32 Å². The van der Waals surface area contributed by atoms with E-state index in [-0.39, 0.29) is 6.04 Å². The van der Waals surface area contributed by atoms with Crippen LogP contribution in [0.1, 0.15) is 33.6 Å². The van der Waals surface area contributed by atoms with E-state index in [0.29, 0.717) is 10.6 Å². The number of aliphatic hydroxyl groups excluding tert-OH is 1. The first-order valence-electron chi connectivity index (χ1n) is 6.12. The average molecular weight is 274 g/mol. The van der Waals surface area contributed by atoms with Crippen molar-refractivity contribution < 1.29 is 14.6 Å². The number of amides is 1. The molecule has 0 radical (unpaired) electrons. The van der Waals surface area contributed by atoms with Crippen molar-refractivity contribution in [2.75, 3.05) is 0 Å². The first kappa shape index (κ1) is 15.1. The van der Waals surface area contributed by atoms with Crippen molar-refractivity contribution in [3.8, 4) is 0 Å². The zero-order valence-electron chi connectivity index (χ0n) is 10.9. The van der Waals surface area contributed by atoms with Crippen LogP contribution in [-0.2, 0) is 4.74 Å². The topological polar surface area (TPSA) is 58.6 Å². The van der Waals surface area contributed by atoms with Gasteiger partial charge in [0.15, 0.2) is 0 Å². The van der Waals surface area contributed by atoms with Crippen LogP contribution in [0.4, 0.5) is 4.79 Å². The summed E-state index contributed by atoms with van der Waals surface area (Å²) in [5.41, 5.74) is 0.632. The fraction of sp³-hybridized carbons (Fsp3) is 0.615. The van der Waals surface area contributed by atoms with Crippen molar-refractivity contribution in [3.63, 3.8) is 0 Å². The van der Waals surface area contributed by atoms with Gasteiger partial charge in [0.1, 0.15) is 12.2 Å². The van der Waals surface area contributed by atoms with Gasteiger partial charge >= 0.3 is 6.09 Å². The largest absolute Gasteiger partial charge is 0.443 e. The summed E-state index contributed by atoms with van der Waals surface area (Å²) >= 11 is 6.05. The van der Waals surface area contributed by atoms with Gasteiger partial charge < -0.3 is 15.2 Å². The van der Waals surface area contributed by atoms with Gasteiger partial charge in [-0.05, 0) is 39.2 Å². The summed E-state index contributed by atoms with van der Waals surface area (Å²) < 4.78 is 5.10. The maximum atomic E-state index is 11.4. The normalized spacial score (nSPS) is 18.8. The van der Waals surface area contributed by atoms with E-state index in [1.165, 1.54) is 0 Å². The SMILES string of the molecule is CC(C)NC(=O)OC(C)C(O)C1=C(Cl)CCC=C1. The Morgan fingerprint density at radius 1 is 1.50 bits per heavy atom. The molecular formula is C13H20ClNO3. The molecule has 102 valence electrons. The number of alkyl carbamates (subject to hydrolysis) is 1. The monoisotopic (exact) mass is 273 g/mol. The number of ether oxygens (including phenoxy) is 1. The maximum Gasteiger partial charge on any atom is 0.407 e. The molecule has 2 atom stereocenters. The summed E-state index contributed by atoms with van der Waals surface area (Å²) in [6.07, 6.45) is 3.26. The number of hydrogen-bond acceptors (Lipinski definition) is 3. The molecule has 2 N–H and O–H groups in total. The van der Waals surface area contributed by atoms with Crippen LogP contribution >= 0.6 is 11.6 Å². The quantitative estimate of drug-likeness (QED) is 0.828. The highest BCUT2D eigenvalue weighted by Crippen LogP contribution is 2.26. The minimum absolute atomic E-state index is 0.000720. The Morgan fingerprint density at radius 3 is 2.72 bits per heavy atom. The molecule has 0 saturated carbocycles. The van der Waals surface area contributed by atoms with Gasteiger partial charge in [0.2, 0.25) is 0 Å². The number of aliphatic hydroxyl groups is 1. The fourth-order valence-corrected chi connectivity index (χ4v) is 1.95. The van der Waals surface area contributed by atoms with Gasteiger partial charge in [0.25, 0.3) is 0 Å². The van der Waals surface area contributed by atoms with E-state index < -0.39 is 18.3 Å². The molecule has 0 aromatic rings. The van der Waals surface area contributed by atoms with Crippen molar-refractivity contribution in [2.24, 2.45) is 0 Å². The molecule has 2 unspecified atom stereocenters. The Hall–Kier alpha value is -1.00. The molecule has 1 amide bonds. The first-order valence-corrected chi connectivity index (χ1v) is 6.50. The van der Waals surface area contributed by atoms with E-state index in [1.54, 1.807) is 13.0 Å². The van der Waals surface area contributed by atoms with Crippen molar-refractivity contribution in [1.82, 2.24) is 5.32 Å². The standard InChI is InChI=1S/C13H20ClNO3/c1-8(2)15-13(17)18-9(3)12(16)10-6-4-5-7-11(10)14/h4,6,8-9,12,16H,5,7H2,1-3H3,(H,15,17). The lowest BCUT2D eigenvalue weighted by molar-refractivity contribution is 0.0309. The number of carbonyl (C=O) groups is 1. The predicted octanol–water partition coefficient (Wildman–Crippen LogP) is 2.71. The van der Waals surface area contributed by atoms with E-state index in [1.807, 2.05) is 19.9 Å². The number of hydrogen-bond donors (Lipinski definition) is 2. The predicted molar refractivity (Wildman–Crippen MR) is 71.5 cm³/mol. The van der Waals surface area contributed by atoms with Crippen molar-refractivity contribution in [2.45, 2.75) is 51.9 Å². The Balaban J connectivity index is 2.58. The van der Waals surface area contributed by atoms with Gasteiger partial charge in [-0.1, -0.05) is 23.8 Å². The van der Waals surface area contributed by atoms with E-state index in [0.717, 1.165) is 12.8 Å². The molecule has 0 spiro atoms. The molecular weight excluding hydrogens is 254 g/mol. The smallest absolute Gasteiger partial charge is 0.407 e. The summed E-state index contributed by atoms with van der Waals surface area (Å²) in [4.78, 5) is 11.4. The minimum atomic E-state index is -0.896. The third-order valence-electron chi connectivity index (χ3n) is 2.60. The highest BCUT2D eigenvalue weighted by atomic mass is 35.5. The van der Waals surface area contributed by atoms with E-state index in [4.69, 9.17) is 16.3 Å². The van der Waals surface area contributed by atoms with Gasteiger partial charge in [-0.25, -0.2) is 4.79 Å². The first-order chi connectivity index (χ1) is 8.41. The Morgan fingerprint density at radius 2 is 2.17 bits per heavy atom. The van der Waals surface area contributed by atoms with Crippen molar-refractivity contribution in [3.05, 3.63) is 22.8 Å². The second kappa shape index (κ2) is 6.81. The summed E-state index contributed by atoms with van der Waals surface area (Å²) in [5, 5.41) is 13.3. The zero-order valence-corrected chi connectivity index (χ0v) is 11.7. The summed E-state index contributed by atoms with van der Waals surface area (Å²) in [6.45, 7) is 5.32. The second-order valence-corrected chi connectivity index (χ2v) is 5.11. The van der Waals surface area contributed by atoms with Crippen molar-refractivity contribution in [1.29, 1.82) is 0 Å². The van der Waals surface area contributed by atoms with Crippen LogP contribution in [0.15, 0.2) is 22.8 Å². The van der Waals surface area contributed by atoms with Gasteiger partial charge in [0, 0.05) is 11.1 Å². The van der Waals surface area contributed by atoms with Gasteiger partial charge in [0.05, 0.1) is 0 Å². The highest BCUT2D eigenvalue weighted by Gasteiger charge is 2.24. The molecule has 0 aromatic heterocycles. The van der Waals surface area contributed by atoms with Crippen molar-refractivity contribution >= 4 is 17.7 Å². The molecule has 0 saturated heterocycles. The van der Waals surface area contributed by atoms with Gasteiger partial charge in [-0.15, -0.1) is 0 Å². The lowest BCUT2D eigenvalue weighted by atomic mass is 9.99. The fourth-order valence-electron chi connectivity index (χ4n) is 1.67. The molecule has 0 aliphatic heterocycles. The summed E-state index contributed by atoms with van der Waals surface area (Å²) in [6, 6.07) is -0.000720. The van der Waals surface area contributed by atoms with E-state index in [9.17, 15) is 9.90 Å². The number of nitrogens with one attached hydrogen (secondary N) is 1. The van der Waals surface area contributed by atoms with Crippen LogP contribution in [-0.4, -0.2) is 29.4 Å². The molecule has 0 heterocycles. The molecule has 1 aliphatic carbocycles. The third kappa shape index (κ3) is 4.35. The summed E-state index contributed by atoms with van der Waals surface area (Å²) in [5.74, 6) is 0. The molecule has 1 rings (SSSR count). The number of halogens is 1. The molecule has 5 heteroatoms. The second-order valence-electron chi connectivity index (χ2n) is 4.66. The molecule has 1 aliphatic rings. The lowest BCUT2D eigenvalue weighted by Gasteiger charge is -2.23. The summed E-state index contributed by atoms with van der Waals surface area (Å²) in [7, 11) is 0. The van der Waals surface area contributed by atoms with Gasteiger partial charge in [-0.3, -0.25) is 0 Å². The lowest BCUT2D eigenvalue weighted by Crippen LogP contribution is -2.37. The van der Waals surface area contributed by atoms with Crippen LogP contribution in [0.3, 0.4) is 0 Å². The van der Waals surface area contributed by atoms with Crippen LogP contribution in [0.5, 0.6) is 0 Å². The maximum absolute atomic E-state index is 11.4. The number of rotatable bonds is 4. The number of carbonyl (C=O) groups excluding carboxylic acids is 1. The van der Waals surface area contributed by atoms with Crippen LogP contribution in [0.2, 0.25) is 0 Å². The molecule has 0 aromatic carbocycles. The van der Waals surface area contributed by atoms with Crippen LogP contribution in [0.25, 0.3) is 0 Å². The average Bonchev–Trinajstić information content (AvgIpc) is 2.27. The Bertz CT molecular complexity index is 363. The zero-order chi connectivity index (χ0) is 13.7. The highest BCUT2D eigenvalue weighted by molar-refractivity contribution is 6.30. The molecule has 4 nitrogen and oxygen atoms in total. The molecule has 0 bridgehead atoms. The van der Waals surface area contributed by atoms with Crippen LogP contribution in [0, 0.1) is 0 Å². The molecule has 0 fully saturated rings. The van der Waals surface area contributed by atoms with Crippen LogP contribution < -0.4 is 5.32 Å². The Labute approximate surface area is 113 Å². The van der Waals surface area contributed by atoms with Gasteiger partial charge in [-0.2, -0.15) is 0 Å². The minimum Gasteiger partial charge on any atom is -0.443 e. The Kier molecular flexibility index (Phi) is 5.69. The van der Waals surface area contributed by atoms with E-state index >= 15 is 0 Å². The number of allylic oxidation sites excluding steroid dienone is 2.